The van der Waals surface area contributed by atoms with Gasteiger partial charge in [0.05, 0.1) is 0 Å². The lowest BCUT2D eigenvalue weighted by Crippen LogP contribution is -2.25. The fraction of sp³-hybridized carbons (Fsp3) is 0.692. The lowest BCUT2D eigenvalue weighted by atomic mass is 9.68. The van der Waals surface area contributed by atoms with E-state index < -0.39 is 0 Å². The molecule has 0 saturated heterocycles. The van der Waals surface area contributed by atoms with Crippen molar-refractivity contribution >= 4 is 0 Å². The van der Waals surface area contributed by atoms with Crippen LogP contribution in [0.3, 0.4) is 0 Å². The number of rotatable bonds is 18. The summed E-state index contributed by atoms with van der Waals surface area (Å²) in [6, 6.07) is 12.1. The molecule has 0 aliphatic heterocycles. The molecule has 55 heavy (non-hydrogen) atoms. The van der Waals surface area contributed by atoms with Gasteiger partial charge in [-0.3, -0.25) is 0 Å². The molecule has 0 atom stereocenters. The summed E-state index contributed by atoms with van der Waals surface area (Å²) in [6.45, 7) is 5.74. The van der Waals surface area contributed by atoms with E-state index in [1.54, 1.807) is 0 Å². The molecule has 304 valence electrons. The number of allylic oxidation sites excluding steroid dienone is 4. The molecule has 3 heteroatoms. The minimum Gasteiger partial charge on any atom is -0.381 e. The minimum absolute atomic E-state index is 0.0469. The quantitative estimate of drug-likeness (QED) is 0.109. The Hall–Kier alpha value is -2.26. The maximum Gasteiger partial charge on any atom is 0.126 e. The van der Waals surface area contributed by atoms with Gasteiger partial charge in [0, 0.05) is 13.2 Å². The molecule has 2 aromatic rings. The van der Waals surface area contributed by atoms with Crippen molar-refractivity contribution in [2.75, 3.05) is 13.2 Å². The molecule has 4 aliphatic carbocycles. The molecule has 0 bridgehead atoms. The summed E-state index contributed by atoms with van der Waals surface area (Å²) in [5.41, 5.74) is 4.01. The van der Waals surface area contributed by atoms with Crippen LogP contribution in [0.2, 0.25) is 0 Å². The summed E-state index contributed by atoms with van der Waals surface area (Å²) in [6.07, 6.45) is 38.9. The summed E-state index contributed by atoms with van der Waals surface area (Å²) in [4.78, 5) is 0. The van der Waals surface area contributed by atoms with Gasteiger partial charge in [0.1, 0.15) is 11.6 Å². The van der Waals surface area contributed by atoms with Crippen LogP contribution in [0.4, 0.5) is 8.78 Å². The lowest BCUT2D eigenvalue weighted by Gasteiger charge is -2.37. The zero-order chi connectivity index (χ0) is 38.2. The second-order valence-corrected chi connectivity index (χ2v) is 18.5. The van der Waals surface area contributed by atoms with Gasteiger partial charge in [0.25, 0.3) is 0 Å². The van der Waals surface area contributed by atoms with Gasteiger partial charge in [-0.1, -0.05) is 75.3 Å². The molecule has 4 saturated carbocycles. The largest absolute Gasteiger partial charge is 0.381 e. The molecule has 2 aromatic carbocycles. The third-order valence-electron chi connectivity index (χ3n) is 14.8. The minimum atomic E-state index is -0.0469. The predicted octanol–water partition coefficient (Wildman–Crippen LogP) is 15.4. The molecule has 4 fully saturated rings. The predicted molar refractivity (Wildman–Crippen MR) is 229 cm³/mol. The Morgan fingerprint density at radius 1 is 0.509 bits per heavy atom. The maximum absolute atomic E-state index is 15.2. The van der Waals surface area contributed by atoms with E-state index in [2.05, 4.69) is 50.3 Å². The molecule has 0 heterocycles. The first kappa shape index (κ1) is 42.3. The average molecular weight is 755 g/mol. The highest BCUT2D eigenvalue weighted by molar-refractivity contribution is 5.29. The van der Waals surface area contributed by atoms with Crippen LogP contribution in [-0.4, -0.2) is 13.2 Å². The van der Waals surface area contributed by atoms with E-state index in [9.17, 15) is 0 Å². The van der Waals surface area contributed by atoms with E-state index in [0.29, 0.717) is 37.9 Å². The van der Waals surface area contributed by atoms with Crippen LogP contribution in [0.5, 0.6) is 0 Å². The summed E-state index contributed by atoms with van der Waals surface area (Å²) in [5, 5.41) is 0. The van der Waals surface area contributed by atoms with Crippen molar-refractivity contribution in [2.45, 2.75) is 180 Å². The average Bonchev–Trinajstić information content (AvgIpc) is 3.22. The zero-order valence-corrected chi connectivity index (χ0v) is 34.9. The van der Waals surface area contributed by atoms with Gasteiger partial charge in [-0.05, 0) is 223 Å². The first-order valence-electron chi connectivity index (χ1n) is 23.5. The van der Waals surface area contributed by atoms with Crippen molar-refractivity contribution in [3.63, 3.8) is 0 Å². The Morgan fingerprint density at radius 3 is 1.22 bits per heavy atom. The second-order valence-electron chi connectivity index (χ2n) is 18.5. The van der Waals surface area contributed by atoms with Gasteiger partial charge in [-0.15, -0.1) is 0 Å². The highest BCUT2D eigenvalue weighted by atomic mass is 19.1. The third-order valence-corrected chi connectivity index (χ3v) is 14.8. The van der Waals surface area contributed by atoms with Crippen LogP contribution in [0.15, 0.2) is 60.7 Å². The van der Waals surface area contributed by atoms with E-state index in [1.807, 2.05) is 24.3 Å². The van der Waals surface area contributed by atoms with Crippen LogP contribution in [0, 0.1) is 47.1 Å². The Morgan fingerprint density at radius 2 is 0.873 bits per heavy atom. The third kappa shape index (κ3) is 12.9. The number of unbranched alkanes of at least 4 members (excludes halogenated alkanes) is 2. The number of aryl methyl sites for hydroxylation is 2. The highest BCUT2D eigenvalue weighted by Crippen LogP contribution is 2.46. The van der Waals surface area contributed by atoms with Crippen molar-refractivity contribution in [3.8, 4) is 0 Å². The molecule has 0 amide bonds. The van der Waals surface area contributed by atoms with Crippen LogP contribution >= 0.6 is 0 Å². The molecule has 0 unspecified atom stereocenters. The van der Waals surface area contributed by atoms with Gasteiger partial charge in [-0.25, -0.2) is 8.78 Å². The monoisotopic (exact) mass is 755 g/mol. The first-order valence-corrected chi connectivity index (χ1v) is 23.5. The fourth-order valence-corrected chi connectivity index (χ4v) is 11.2. The van der Waals surface area contributed by atoms with Crippen molar-refractivity contribution < 1.29 is 13.5 Å². The molecular formula is C52H76F2O. The van der Waals surface area contributed by atoms with E-state index in [4.69, 9.17) is 4.74 Å². The van der Waals surface area contributed by atoms with E-state index in [1.165, 1.54) is 140 Å². The molecule has 0 spiro atoms. The smallest absolute Gasteiger partial charge is 0.126 e. The van der Waals surface area contributed by atoms with E-state index in [-0.39, 0.29) is 11.6 Å². The van der Waals surface area contributed by atoms with Crippen LogP contribution in [0.25, 0.3) is 0 Å². The Kier molecular flexibility index (Phi) is 17.4. The van der Waals surface area contributed by atoms with Crippen LogP contribution < -0.4 is 0 Å². The van der Waals surface area contributed by atoms with Gasteiger partial charge in [0.2, 0.25) is 0 Å². The zero-order valence-electron chi connectivity index (χ0n) is 34.9. The normalized spacial score (nSPS) is 29.3. The molecule has 0 N–H and O–H groups in total. The van der Waals surface area contributed by atoms with Crippen molar-refractivity contribution in [3.05, 3.63) is 94.6 Å². The molecule has 0 radical (unpaired) electrons. The molecule has 1 nitrogen and oxygen atoms in total. The topological polar surface area (TPSA) is 9.23 Å². The number of hydrogen-bond donors (Lipinski definition) is 0. The Labute approximate surface area is 335 Å². The number of halogens is 2. The maximum atomic E-state index is 15.2. The molecule has 4 aliphatic rings. The van der Waals surface area contributed by atoms with E-state index in [0.717, 1.165) is 59.5 Å². The second kappa shape index (κ2) is 22.6. The van der Waals surface area contributed by atoms with Crippen LogP contribution in [-0.2, 0) is 17.6 Å². The van der Waals surface area contributed by atoms with Crippen LogP contribution in [0.1, 0.15) is 189 Å². The van der Waals surface area contributed by atoms with Crippen molar-refractivity contribution in [1.29, 1.82) is 0 Å². The SMILES string of the molecule is CCC/C=C/C1CCC(C2CCC(c3ccc(CCCOCCCc4ccc(C5CCC(C6CCC(/C=C/CCC)CC6)CC5)cc4F)c(F)c3)CC2)CC1. The molecule has 0 aromatic heterocycles. The van der Waals surface area contributed by atoms with Gasteiger partial charge >= 0.3 is 0 Å². The summed E-state index contributed by atoms with van der Waals surface area (Å²) >= 11 is 0. The fourth-order valence-electron chi connectivity index (χ4n) is 11.2. The molecule has 6 rings (SSSR count). The van der Waals surface area contributed by atoms with Gasteiger partial charge in [0.15, 0.2) is 0 Å². The first-order chi connectivity index (χ1) is 27.0. The summed E-state index contributed by atoms with van der Waals surface area (Å²) in [7, 11) is 0. The van der Waals surface area contributed by atoms with Gasteiger partial charge < -0.3 is 4.74 Å². The van der Waals surface area contributed by atoms with Crippen molar-refractivity contribution in [1.82, 2.24) is 0 Å². The summed E-state index contributed by atoms with van der Waals surface area (Å²) < 4.78 is 36.3. The number of ether oxygens (including phenoxy) is 1. The highest BCUT2D eigenvalue weighted by Gasteiger charge is 2.32. The summed E-state index contributed by atoms with van der Waals surface area (Å²) in [5.74, 6) is 6.10. The Balaban J connectivity index is 0.821. The van der Waals surface area contributed by atoms with E-state index >= 15 is 8.78 Å². The molecular weight excluding hydrogens is 679 g/mol. The Bertz CT molecular complexity index is 1330. The van der Waals surface area contributed by atoms with Gasteiger partial charge in [-0.2, -0.15) is 0 Å². The lowest BCUT2D eigenvalue weighted by molar-refractivity contribution is 0.129. The standard InChI is InChI=1S/C52H76F2O/c1-3-5-7-11-39-15-19-41(20-16-39)43-23-27-45(28-24-43)49-33-31-47(51(53)37-49)13-9-35-55-36-10-14-48-32-34-50(38-52(48)54)46-29-25-44(26-30-46)42-21-17-40(18-22-42)12-8-6-4-2/h7-8,11-12,31-34,37-46H,3-6,9-10,13-30,35-36H2,1-2H3/b11-7+,12-8+. The number of benzene rings is 2. The number of hydrogen-bond acceptors (Lipinski definition) is 1. The van der Waals surface area contributed by atoms with Crippen molar-refractivity contribution in [2.24, 2.45) is 35.5 Å².